The van der Waals surface area contributed by atoms with Gasteiger partial charge in [0.05, 0.1) is 0 Å². The molecule has 1 atom stereocenters. The van der Waals surface area contributed by atoms with Crippen molar-refractivity contribution >= 4 is 0 Å². The Bertz CT molecular complexity index is 446. The van der Waals surface area contributed by atoms with Crippen LogP contribution in [0.3, 0.4) is 0 Å². The normalized spacial score (nSPS) is 12.6. The molecule has 0 aliphatic heterocycles. The predicted molar refractivity (Wildman–Crippen MR) is 80.0 cm³/mol. The molecule has 0 fully saturated rings. The Hall–Kier alpha value is -1.70. The number of aliphatic hydroxyl groups is 1. The molecular formula is C16H23NO3. The molecule has 0 aromatic heterocycles. The molecular weight excluding hydrogens is 254 g/mol. The molecule has 0 unspecified atom stereocenters. The van der Waals surface area contributed by atoms with Crippen LogP contribution < -0.4 is 14.8 Å². The Morgan fingerprint density at radius 3 is 2.40 bits per heavy atom. The molecule has 110 valence electrons. The van der Waals surface area contributed by atoms with E-state index in [4.69, 9.17) is 15.9 Å². The number of rotatable bonds is 7. The Labute approximate surface area is 121 Å². The van der Waals surface area contributed by atoms with Crippen LogP contribution in [0.2, 0.25) is 0 Å². The molecule has 2 N–H and O–H groups in total. The van der Waals surface area contributed by atoms with Crippen LogP contribution in [-0.2, 0) is 0 Å². The Kier molecular flexibility index (Phi) is 6.37. The number of terminal acetylenes is 1. The molecule has 1 rings (SSSR count). The van der Waals surface area contributed by atoms with Crippen LogP contribution in [0.5, 0.6) is 11.5 Å². The van der Waals surface area contributed by atoms with Crippen LogP contribution in [0, 0.1) is 12.3 Å². The van der Waals surface area contributed by atoms with Crippen molar-refractivity contribution in [1.29, 1.82) is 0 Å². The number of para-hydroxylation sites is 2. The van der Waals surface area contributed by atoms with Crippen molar-refractivity contribution < 1.29 is 14.6 Å². The van der Waals surface area contributed by atoms with Gasteiger partial charge in [0.1, 0.15) is 19.3 Å². The largest absolute Gasteiger partial charge is 0.487 e. The zero-order valence-electron chi connectivity index (χ0n) is 12.3. The molecule has 0 bridgehead atoms. The Morgan fingerprint density at radius 1 is 1.25 bits per heavy atom. The quantitative estimate of drug-likeness (QED) is 0.747. The van der Waals surface area contributed by atoms with Crippen molar-refractivity contribution in [3.63, 3.8) is 0 Å². The second kappa shape index (κ2) is 7.78. The average molecular weight is 277 g/mol. The minimum absolute atomic E-state index is 0.0329. The van der Waals surface area contributed by atoms with E-state index in [9.17, 15) is 5.11 Å². The highest BCUT2D eigenvalue weighted by Crippen LogP contribution is 2.26. The maximum atomic E-state index is 9.88. The fourth-order valence-corrected chi connectivity index (χ4v) is 1.48. The van der Waals surface area contributed by atoms with E-state index in [1.807, 2.05) is 32.9 Å². The van der Waals surface area contributed by atoms with E-state index in [0.717, 1.165) is 0 Å². The molecule has 4 nitrogen and oxygen atoms in total. The second-order valence-corrected chi connectivity index (χ2v) is 5.54. The first-order chi connectivity index (χ1) is 9.42. The summed E-state index contributed by atoms with van der Waals surface area (Å²) in [6.45, 7) is 6.99. The van der Waals surface area contributed by atoms with E-state index in [1.54, 1.807) is 12.1 Å². The lowest BCUT2D eigenvalue weighted by atomic mass is 10.1. The second-order valence-electron chi connectivity index (χ2n) is 5.54. The number of hydrogen-bond donors (Lipinski definition) is 2. The van der Waals surface area contributed by atoms with Gasteiger partial charge >= 0.3 is 0 Å². The van der Waals surface area contributed by atoms with Crippen LogP contribution in [0.25, 0.3) is 0 Å². The highest BCUT2D eigenvalue weighted by Gasteiger charge is 2.13. The van der Waals surface area contributed by atoms with Gasteiger partial charge in [-0.25, -0.2) is 0 Å². The van der Waals surface area contributed by atoms with Crippen molar-refractivity contribution in [2.24, 2.45) is 0 Å². The molecule has 0 saturated heterocycles. The number of nitrogens with one attached hydrogen (secondary N) is 1. The van der Waals surface area contributed by atoms with Gasteiger partial charge in [-0.2, -0.15) is 0 Å². The third kappa shape index (κ3) is 6.46. The molecule has 0 spiro atoms. The van der Waals surface area contributed by atoms with Crippen molar-refractivity contribution in [2.45, 2.75) is 32.4 Å². The van der Waals surface area contributed by atoms with Gasteiger partial charge in [0.25, 0.3) is 0 Å². The van der Waals surface area contributed by atoms with Crippen LogP contribution in [0.4, 0.5) is 0 Å². The topological polar surface area (TPSA) is 50.7 Å². The van der Waals surface area contributed by atoms with Gasteiger partial charge in [-0.1, -0.05) is 18.1 Å². The lowest BCUT2D eigenvalue weighted by molar-refractivity contribution is 0.0982. The molecule has 0 aliphatic carbocycles. The summed E-state index contributed by atoms with van der Waals surface area (Å²) >= 11 is 0. The van der Waals surface area contributed by atoms with Crippen molar-refractivity contribution in [3.05, 3.63) is 24.3 Å². The zero-order chi connectivity index (χ0) is 15.0. The Balaban J connectivity index is 2.47. The minimum atomic E-state index is -0.588. The van der Waals surface area contributed by atoms with Gasteiger partial charge in [0.15, 0.2) is 11.5 Å². The standard InChI is InChI=1S/C16H23NO3/c1-5-10-19-14-8-6-7-9-15(14)20-12-13(18)11-17-16(2,3)4/h1,6-9,13,17-18H,10-12H2,2-4H3/t13-/m1/s1. The predicted octanol–water partition coefficient (Wildman–Crippen LogP) is 1.83. The van der Waals surface area contributed by atoms with Crippen LogP contribution in [-0.4, -0.2) is 36.5 Å². The SMILES string of the molecule is C#CCOc1ccccc1OC[C@H](O)CNC(C)(C)C. The molecule has 0 amide bonds. The monoisotopic (exact) mass is 277 g/mol. The van der Waals surface area contributed by atoms with Crippen molar-refractivity contribution in [2.75, 3.05) is 19.8 Å². The van der Waals surface area contributed by atoms with Crippen LogP contribution in [0.1, 0.15) is 20.8 Å². The van der Waals surface area contributed by atoms with Gasteiger partial charge in [0.2, 0.25) is 0 Å². The zero-order valence-corrected chi connectivity index (χ0v) is 12.3. The lowest BCUT2D eigenvalue weighted by Crippen LogP contribution is -2.42. The molecule has 0 heterocycles. The number of β-amino-alcohol motifs (C(OH)–C–C–N with tert-alkyl or cyclic N) is 1. The van der Waals surface area contributed by atoms with E-state index in [0.29, 0.717) is 18.0 Å². The summed E-state index contributed by atoms with van der Waals surface area (Å²) in [4.78, 5) is 0. The molecule has 0 aliphatic rings. The van der Waals surface area contributed by atoms with Gasteiger partial charge in [-0.05, 0) is 32.9 Å². The molecule has 1 aromatic rings. The first kappa shape index (κ1) is 16.4. The van der Waals surface area contributed by atoms with E-state index < -0.39 is 6.10 Å². The van der Waals surface area contributed by atoms with Crippen LogP contribution >= 0.6 is 0 Å². The molecule has 0 saturated carbocycles. The lowest BCUT2D eigenvalue weighted by Gasteiger charge is -2.23. The van der Waals surface area contributed by atoms with E-state index in [-0.39, 0.29) is 18.8 Å². The number of ether oxygens (including phenoxy) is 2. The molecule has 1 aromatic carbocycles. The molecule has 0 radical (unpaired) electrons. The average Bonchev–Trinajstić information content (AvgIpc) is 2.40. The molecule has 20 heavy (non-hydrogen) atoms. The summed E-state index contributed by atoms with van der Waals surface area (Å²) in [6.07, 6.45) is 4.58. The minimum Gasteiger partial charge on any atom is -0.487 e. The number of benzene rings is 1. The third-order valence-electron chi connectivity index (χ3n) is 2.46. The van der Waals surface area contributed by atoms with Gasteiger partial charge in [-0.3, -0.25) is 0 Å². The summed E-state index contributed by atoms with van der Waals surface area (Å²) < 4.78 is 11.0. The summed E-state index contributed by atoms with van der Waals surface area (Å²) in [5.74, 6) is 3.57. The third-order valence-corrected chi connectivity index (χ3v) is 2.46. The summed E-state index contributed by atoms with van der Waals surface area (Å²) in [5.41, 5.74) is -0.0329. The summed E-state index contributed by atoms with van der Waals surface area (Å²) in [7, 11) is 0. The van der Waals surface area contributed by atoms with Crippen molar-refractivity contribution in [1.82, 2.24) is 5.32 Å². The summed E-state index contributed by atoms with van der Waals surface area (Å²) in [5, 5.41) is 13.1. The highest BCUT2D eigenvalue weighted by atomic mass is 16.5. The van der Waals surface area contributed by atoms with Crippen LogP contribution in [0.15, 0.2) is 24.3 Å². The van der Waals surface area contributed by atoms with Crippen molar-refractivity contribution in [3.8, 4) is 23.8 Å². The maximum absolute atomic E-state index is 9.88. The highest BCUT2D eigenvalue weighted by molar-refractivity contribution is 5.39. The van der Waals surface area contributed by atoms with Gasteiger partial charge in [0, 0.05) is 12.1 Å². The maximum Gasteiger partial charge on any atom is 0.162 e. The number of hydrogen-bond acceptors (Lipinski definition) is 4. The molecule has 4 heteroatoms. The fourth-order valence-electron chi connectivity index (χ4n) is 1.48. The van der Waals surface area contributed by atoms with Gasteiger partial charge < -0.3 is 19.9 Å². The fraction of sp³-hybridized carbons (Fsp3) is 0.500. The smallest absolute Gasteiger partial charge is 0.162 e. The van der Waals surface area contributed by atoms with E-state index >= 15 is 0 Å². The van der Waals surface area contributed by atoms with Gasteiger partial charge in [-0.15, -0.1) is 6.42 Å². The first-order valence-electron chi connectivity index (χ1n) is 6.63. The van der Waals surface area contributed by atoms with E-state index in [1.165, 1.54) is 0 Å². The Morgan fingerprint density at radius 2 is 1.85 bits per heavy atom. The first-order valence-corrected chi connectivity index (χ1v) is 6.63. The number of aliphatic hydroxyl groups excluding tert-OH is 1. The van der Waals surface area contributed by atoms with E-state index in [2.05, 4.69) is 11.2 Å². The summed E-state index contributed by atoms with van der Waals surface area (Å²) in [6, 6.07) is 7.26.